The van der Waals surface area contributed by atoms with Gasteiger partial charge in [-0.1, -0.05) is 37.7 Å². The molecule has 2 rings (SSSR count). The average molecular weight is 280 g/mol. The Balaban J connectivity index is 1.92. The molecule has 0 fully saturated rings. The monoisotopic (exact) mass is 280 g/mol. The zero-order valence-electron chi connectivity index (χ0n) is 11.0. The van der Waals surface area contributed by atoms with Gasteiger partial charge in [-0.3, -0.25) is 0 Å². The molecular weight excluding hydrogens is 260 g/mol. The molecule has 0 spiro atoms. The van der Waals surface area contributed by atoms with E-state index in [0.29, 0.717) is 6.04 Å². The molecule has 1 unspecified atom stereocenters. The van der Waals surface area contributed by atoms with Crippen molar-refractivity contribution >= 4 is 33.3 Å². The summed E-state index contributed by atoms with van der Waals surface area (Å²) in [6, 6.07) is 8.95. The molecule has 0 saturated heterocycles. The van der Waals surface area contributed by atoms with Crippen LogP contribution in [0.15, 0.2) is 28.6 Å². The Bertz CT molecular complexity index is 448. The van der Waals surface area contributed by atoms with Gasteiger partial charge in [0.25, 0.3) is 0 Å². The van der Waals surface area contributed by atoms with Crippen molar-refractivity contribution in [2.75, 3.05) is 12.3 Å². The SMILES string of the molecule is CCCNC(CC)CSc1nc2ccccc2s1. The van der Waals surface area contributed by atoms with Gasteiger partial charge in [-0.15, -0.1) is 11.3 Å². The topological polar surface area (TPSA) is 24.9 Å². The second kappa shape index (κ2) is 7.12. The highest BCUT2D eigenvalue weighted by Crippen LogP contribution is 2.29. The number of thioether (sulfide) groups is 1. The van der Waals surface area contributed by atoms with Crippen molar-refractivity contribution in [2.24, 2.45) is 0 Å². The number of para-hydroxylation sites is 1. The van der Waals surface area contributed by atoms with Gasteiger partial charge in [0.05, 0.1) is 10.2 Å². The van der Waals surface area contributed by atoms with Gasteiger partial charge in [0.1, 0.15) is 0 Å². The van der Waals surface area contributed by atoms with Crippen LogP contribution in [0.2, 0.25) is 0 Å². The maximum atomic E-state index is 4.65. The van der Waals surface area contributed by atoms with E-state index >= 15 is 0 Å². The first kappa shape index (κ1) is 13.8. The average Bonchev–Trinajstić information content (AvgIpc) is 2.81. The smallest absolute Gasteiger partial charge is 0.151 e. The minimum absolute atomic E-state index is 0.599. The van der Waals surface area contributed by atoms with E-state index in [1.54, 1.807) is 11.3 Å². The number of thiazole rings is 1. The van der Waals surface area contributed by atoms with Crippen molar-refractivity contribution < 1.29 is 0 Å². The van der Waals surface area contributed by atoms with E-state index in [9.17, 15) is 0 Å². The molecule has 98 valence electrons. The fourth-order valence-corrected chi connectivity index (χ4v) is 4.02. The largest absolute Gasteiger partial charge is 0.313 e. The zero-order valence-corrected chi connectivity index (χ0v) is 12.6. The summed E-state index contributed by atoms with van der Waals surface area (Å²) in [5.41, 5.74) is 1.12. The number of fused-ring (bicyclic) bond motifs is 1. The van der Waals surface area contributed by atoms with Crippen molar-refractivity contribution in [2.45, 2.75) is 37.1 Å². The van der Waals surface area contributed by atoms with E-state index in [-0.39, 0.29) is 0 Å². The molecule has 0 aliphatic carbocycles. The van der Waals surface area contributed by atoms with Gasteiger partial charge in [0.15, 0.2) is 4.34 Å². The predicted octanol–water partition coefficient (Wildman–Crippen LogP) is 4.17. The summed E-state index contributed by atoms with van der Waals surface area (Å²) in [4.78, 5) is 4.65. The van der Waals surface area contributed by atoms with Gasteiger partial charge in [-0.05, 0) is 31.5 Å². The first-order valence-electron chi connectivity index (χ1n) is 6.55. The molecule has 0 radical (unpaired) electrons. The molecule has 1 aromatic heterocycles. The number of aromatic nitrogens is 1. The third kappa shape index (κ3) is 3.70. The summed E-state index contributed by atoms with van der Waals surface area (Å²) in [5.74, 6) is 1.11. The Morgan fingerprint density at radius 3 is 2.89 bits per heavy atom. The lowest BCUT2D eigenvalue weighted by molar-refractivity contribution is 0.539. The molecule has 18 heavy (non-hydrogen) atoms. The van der Waals surface area contributed by atoms with Crippen LogP contribution >= 0.6 is 23.1 Å². The molecule has 0 saturated carbocycles. The van der Waals surface area contributed by atoms with Gasteiger partial charge in [0.2, 0.25) is 0 Å². The Labute approximate surface area is 117 Å². The fourth-order valence-electron chi connectivity index (χ4n) is 1.75. The van der Waals surface area contributed by atoms with Crippen LogP contribution < -0.4 is 5.32 Å². The quantitative estimate of drug-likeness (QED) is 0.771. The highest BCUT2D eigenvalue weighted by molar-refractivity contribution is 8.01. The maximum Gasteiger partial charge on any atom is 0.151 e. The lowest BCUT2D eigenvalue weighted by Crippen LogP contribution is -2.31. The molecule has 0 amide bonds. The Hall–Kier alpha value is -0.580. The highest BCUT2D eigenvalue weighted by Gasteiger charge is 2.08. The summed E-state index contributed by atoms with van der Waals surface area (Å²) in [7, 11) is 0. The van der Waals surface area contributed by atoms with Gasteiger partial charge >= 0.3 is 0 Å². The van der Waals surface area contributed by atoms with Crippen molar-refractivity contribution in [3.8, 4) is 0 Å². The summed E-state index contributed by atoms with van der Waals surface area (Å²) in [6.07, 6.45) is 2.38. The second-order valence-corrected chi connectivity index (χ2v) is 6.62. The normalized spacial score (nSPS) is 13.0. The van der Waals surface area contributed by atoms with Crippen LogP contribution in [0.5, 0.6) is 0 Å². The van der Waals surface area contributed by atoms with E-state index < -0.39 is 0 Å². The molecule has 1 N–H and O–H groups in total. The number of nitrogens with zero attached hydrogens (tertiary/aromatic N) is 1. The first-order valence-corrected chi connectivity index (χ1v) is 8.35. The van der Waals surface area contributed by atoms with Crippen LogP contribution in [0.25, 0.3) is 10.2 Å². The minimum atomic E-state index is 0.599. The third-order valence-electron chi connectivity index (χ3n) is 2.86. The van der Waals surface area contributed by atoms with E-state index in [1.165, 1.54) is 21.9 Å². The third-order valence-corrected chi connectivity index (χ3v) is 5.20. The minimum Gasteiger partial charge on any atom is -0.313 e. The van der Waals surface area contributed by atoms with E-state index in [1.807, 2.05) is 17.8 Å². The molecule has 0 bridgehead atoms. The van der Waals surface area contributed by atoms with Crippen LogP contribution in [0, 0.1) is 0 Å². The van der Waals surface area contributed by atoms with Crippen molar-refractivity contribution in [1.29, 1.82) is 0 Å². The number of rotatable bonds is 7. The van der Waals surface area contributed by atoms with E-state index in [2.05, 4.69) is 42.3 Å². The molecule has 4 heteroatoms. The van der Waals surface area contributed by atoms with Crippen LogP contribution in [0.1, 0.15) is 26.7 Å². The highest BCUT2D eigenvalue weighted by atomic mass is 32.2. The molecular formula is C14H20N2S2. The number of hydrogen-bond donors (Lipinski definition) is 1. The summed E-state index contributed by atoms with van der Waals surface area (Å²) >= 11 is 3.67. The Kier molecular flexibility index (Phi) is 5.47. The van der Waals surface area contributed by atoms with Gasteiger partial charge in [-0.25, -0.2) is 4.98 Å². The van der Waals surface area contributed by atoms with Crippen LogP contribution in [-0.4, -0.2) is 23.3 Å². The second-order valence-electron chi connectivity index (χ2n) is 4.32. The van der Waals surface area contributed by atoms with Gasteiger partial charge in [-0.2, -0.15) is 0 Å². The molecule has 0 aliphatic rings. The van der Waals surface area contributed by atoms with Gasteiger partial charge < -0.3 is 5.32 Å². The zero-order chi connectivity index (χ0) is 12.8. The number of nitrogens with one attached hydrogen (secondary N) is 1. The lowest BCUT2D eigenvalue weighted by Gasteiger charge is -2.14. The molecule has 2 aromatic rings. The fraction of sp³-hybridized carbons (Fsp3) is 0.500. The Morgan fingerprint density at radius 1 is 1.33 bits per heavy atom. The summed E-state index contributed by atoms with van der Waals surface area (Å²) in [5, 5.41) is 3.58. The Morgan fingerprint density at radius 2 is 2.17 bits per heavy atom. The molecule has 1 atom stereocenters. The maximum absolute atomic E-state index is 4.65. The first-order chi connectivity index (χ1) is 8.83. The lowest BCUT2D eigenvalue weighted by atomic mass is 10.2. The van der Waals surface area contributed by atoms with Crippen molar-refractivity contribution in [1.82, 2.24) is 10.3 Å². The molecule has 0 aliphatic heterocycles. The summed E-state index contributed by atoms with van der Waals surface area (Å²) in [6.45, 7) is 5.56. The number of hydrogen-bond acceptors (Lipinski definition) is 4. The predicted molar refractivity (Wildman–Crippen MR) is 82.7 cm³/mol. The van der Waals surface area contributed by atoms with Crippen molar-refractivity contribution in [3.05, 3.63) is 24.3 Å². The number of benzene rings is 1. The van der Waals surface area contributed by atoms with Crippen molar-refractivity contribution in [3.63, 3.8) is 0 Å². The molecule has 1 heterocycles. The van der Waals surface area contributed by atoms with Crippen LogP contribution in [0.3, 0.4) is 0 Å². The van der Waals surface area contributed by atoms with E-state index in [4.69, 9.17) is 0 Å². The summed E-state index contributed by atoms with van der Waals surface area (Å²) < 4.78 is 2.47. The standard InChI is InChI=1S/C14H20N2S2/c1-3-9-15-11(4-2)10-17-14-16-12-7-5-6-8-13(12)18-14/h5-8,11,15H,3-4,9-10H2,1-2H3. The molecule has 1 aromatic carbocycles. The van der Waals surface area contributed by atoms with E-state index in [0.717, 1.165) is 17.8 Å². The van der Waals surface area contributed by atoms with Crippen LogP contribution in [0.4, 0.5) is 0 Å². The molecule has 2 nitrogen and oxygen atoms in total. The van der Waals surface area contributed by atoms with Crippen LogP contribution in [-0.2, 0) is 0 Å². The van der Waals surface area contributed by atoms with Gasteiger partial charge in [0, 0.05) is 11.8 Å².